The highest BCUT2D eigenvalue weighted by Gasteiger charge is 2.15. The van der Waals surface area contributed by atoms with Gasteiger partial charge in [0.25, 0.3) is 5.89 Å². The van der Waals surface area contributed by atoms with E-state index in [4.69, 9.17) is 21.9 Å². The molecule has 0 radical (unpaired) electrons. The van der Waals surface area contributed by atoms with E-state index in [1.165, 1.54) is 30.3 Å². The van der Waals surface area contributed by atoms with Gasteiger partial charge in [0.15, 0.2) is 0 Å². The van der Waals surface area contributed by atoms with Gasteiger partial charge in [0.2, 0.25) is 5.82 Å². The molecule has 3 aromatic rings. The van der Waals surface area contributed by atoms with Crippen molar-refractivity contribution in [3.8, 4) is 22.8 Å². The fourth-order valence-electron chi connectivity index (χ4n) is 1.79. The predicted octanol–water partition coefficient (Wildman–Crippen LogP) is 3.92. The zero-order chi connectivity index (χ0) is 15.0. The molecule has 106 valence electrons. The number of aromatic nitrogens is 2. The van der Waals surface area contributed by atoms with Crippen LogP contribution in [0.5, 0.6) is 0 Å². The van der Waals surface area contributed by atoms with E-state index in [1.807, 2.05) is 0 Å². The summed E-state index contributed by atoms with van der Waals surface area (Å²) < 4.78 is 31.9. The van der Waals surface area contributed by atoms with E-state index in [0.717, 1.165) is 6.07 Å². The molecule has 3 rings (SSSR count). The summed E-state index contributed by atoms with van der Waals surface area (Å²) in [6, 6.07) is 8.14. The second-order valence-electron chi connectivity index (χ2n) is 4.29. The molecule has 0 aliphatic heterocycles. The second-order valence-corrected chi connectivity index (χ2v) is 4.70. The van der Waals surface area contributed by atoms with Crippen LogP contribution in [0, 0.1) is 11.6 Å². The molecular formula is C14H8ClF2N3O. The smallest absolute Gasteiger partial charge is 0.261 e. The lowest BCUT2D eigenvalue weighted by atomic mass is 10.2. The van der Waals surface area contributed by atoms with Gasteiger partial charge in [0.05, 0.1) is 10.6 Å². The average molecular weight is 308 g/mol. The molecule has 21 heavy (non-hydrogen) atoms. The van der Waals surface area contributed by atoms with E-state index in [0.29, 0.717) is 11.3 Å². The number of benzene rings is 2. The topological polar surface area (TPSA) is 64.9 Å². The summed E-state index contributed by atoms with van der Waals surface area (Å²) in [6.07, 6.45) is 0. The number of hydrogen-bond acceptors (Lipinski definition) is 4. The lowest BCUT2D eigenvalue weighted by molar-refractivity contribution is 0.429. The molecule has 0 saturated heterocycles. The first-order valence-electron chi connectivity index (χ1n) is 5.89. The largest absolute Gasteiger partial charge is 0.399 e. The van der Waals surface area contributed by atoms with E-state index in [2.05, 4.69) is 10.1 Å². The van der Waals surface area contributed by atoms with Gasteiger partial charge in [-0.1, -0.05) is 16.8 Å². The normalized spacial score (nSPS) is 10.8. The summed E-state index contributed by atoms with van der Waals surface area (Å²) >= 11 is 5.70. The minimum Gasteiger partial charge on any atom is -0.399 e. The molecule has 0 aliphatic rings. The molecule has 0 spiro atoms. The Labute approximate surface area is 123 Å². The quantitative estimate of drug-likeness (QED) is 0.729. The van der Waals surface area contributed by atoms with Crippen LogP contribution in [-0.2, 0) is 0 Å². The Bertz CT molecular complexity index is 820. The van der Waals surface area contributed by atoms with Crippen molar-refractivity contribution in [1.29, 1.82) is 0 Å². The van der Waals surface area contributed by atoms with Crippen molar-refractivity contribution in [2.24, 2.45) is 0 Å². The minimum atomic E-state index is -0.567. The Kier molecular flexibility index (Phi) is 3.31. The highest BCUT2D eigenvalue weighted by atomic mass is 35.5. The van der Waals surface area contributed by atoms with Crippen LogP contribution < -0.4 is 5.73 Å². The first kappa shape index (κ1) is 13.5. The van der Waals surface area contributed by atoms with Gasteiger partial charge in [-0.3, -0.25) is 0 Å². The maximum Gasteiger partial charge on any atom is 0.261 e. The fraction of sp³-hybridized carbons (Fsp3) is 0. The summed E-state index contributed by atoms with van der Waals surface area (Å²) in [5.74, 6) is -0.929. The monoisotopic (exact) mass is 307 g/mol. The van der Waals surface area contributed by atoms with Crippen LogP contribution in [0.3, 0.4) is 0 Å². The first-order valence-corrected chi connectivity index (χ1v) is 6.27. The highest BCUT2D eigenvalue weighted by molar-refractivity contribution is 6.31. The molecule has 0 aliphatic carbocycles. The van der Waals surface area contributed by atoms with E-state index >= 15 is 0 Å². The lowest BCUT2D eigenvalue weighted by Crippen LogP contribution is -1.89. The van der Waals surface area contributed by atoms with Gasteiger partial charge in [-0.2, -0.15) is 4.98 Å². The van der Waals surface area contributed by atoms with Crippen molar-refractivity contribution in [2.45, 2.75) is 0 Å². The Balaban J connectivity index is 2.01. The molecular weight excluding hydrogens is 300 g/mol. The molecule has 0 unspecified atom stereocenters. The standard InChI is InChI=1S/C14H8ClF2N3O/c15-10-5-7(1-4-11(10)16)13-19-14(21-20-13)9-3-2-8(18)6-12(9)17/h1-6H,18H2. The second kappa shape index (κ2) is 5.14. The molecule has 7 heteroatoms. The van der Waals surface area contributed by atoms with Crippen LogP contribution in [0.1, 0.15) is 0 Å². The molecule has 2 N–H and O–H groups in total. The molecule has 0 bridgehead atoms. The predicted molar refractivity (Wildman–Crippen MR) is 74.5 cm³/mol. The minimum absolute atomic E-state index is 0.00273. The molecule has 0 amide bonds. The van der Waals surface area contributed by atoms with Crippen LogP contribution in [0.2, 0.25) is 5.02 Å². The average Bonchev–Trinajstić information content (AvgIpc) is 2.91. The summed E-state index contributed by atoms with van der Waals surface area (Å²) in [5, 5.41) is 3.67. The van der Waals surface area contributed by atoms with Crippen LogP contribution in [0.15, 0.2) is 40.9 Å². The van der Waals surface area contributed by atoms with Gasteiger partial charge in [-0.05, 0) is 36.4 Å². The van der Waals surface area contributed by atoms with E-state index in [9.17, 15) is 8.78 Å². The van der Waals surface area contributed by atoms with Gasteiger partial charge >= 0.3 is 0 Å². The van der Waals surface area contributed by atoms with Crippen molar-refractivity contribution in [2.75, 3.05) is 5.73 Å². The van der Waals surface area contributed by atoms with Gasteiger partial charge in [-0.25, -0.2) is 8.78 Å². The molecule has 0 atom stereocenters. The lowest BCUT2D eigenvalue weighted by Gasteiger charge is -1.98. The first-order chi connectivity index (χ1) is 10.0. The maximum absolute atomic E-state index is 13.8. The summed E-state index contributed by atoms with van der Waals surface area (Å²) in [4.78, 5) is 4.07. The third-order valence-electron chi connectivity index (χ3n) is 2.83. The van der Waals surface area contributed by atoms with Crippen LogP contribution in [0.4, 0.5) is 14.5 Å². The molecule has 4 nitrogen and oxygen atoms in total. The van der Waals surface area contributed by atoms with Crippen molar-refractivity contribution in [1.82, 2.24) is 10.1 Å². The van der Waals surface area contributed by atoms with Crippen molar-refractivity contribution in [3.63, 3.8) is 0 Å². The highest BCUT2D eigenvalue weighted by Crippen LogP contribution is 2.27. The Morgan fingerprint density at radius 2 is 1.86 bits per heavy atom. The third-order valence-corrected chi connectivity index (χ3v) is 3.12. The number of hydrogen-bond donors (Lipinski definition) is 1. The van der Waals surface area contributed by atoms with Crippen molar-refractivity contribution in [3.05, 3.63) is 53.1 Å². The van der Waals surface area contributed by atoms with E-state index in [-0.39, 0.29) is 22.3 Å². The van der Waals surface area contributed by atoms with Crippen LogP contribution >= 0.6 is 11.6 Å². The van der Waals surface area contributed by atoms with Crippen LogP contribution in [-0.4, -0.2) is 10.1 Å². The number of nitrogens with zero attached hydrogens (tertiary/aromatic N) is 2. The van der Waals surface area contributed by atoms with Gasteiger partial charge in [0, 0.05) is 11.3 Å². The SMILES string of the molecule is Nc1ccc(-c2nc(-c3ccc(F)c(Cl)c3)no2)c(F)c1. The number of nitrogen functional groups attached to an aromatic ring is 1. The Morgan fingerprint density at radius 3 is 2.57 bits per heavy atom. The molecule has 0 saturated carbocycles. The summed E-state index contributed by atoms with van der Waals surface area (Å²) in [6.45, 7) is 0. The Hall–Kier alpha value is -2.47. The molecule has 0 fully saturated rings. The third kappa shape index (κ3) is 2.57. The molecule has 1 heterocycles. The van der Waals surface area contributed by atoms with Crippen molar-refractivity contribution >= 4 is 17.3 Å². The maximum atomic E-state index is 13.8. The van der Waals surface area contributed by atoms with Gasteiger partial charge in [-0.15, -0.1) is 0 Å². The van der Waals surface area contributed by atoms with E-state index < -0.39 is 11.6 Å². The summed E-state index contributed by atoms with van der Waals surface area (Å²) in [7, 11) is 0. The van der Waals surface area contributed by atoms with Crippen LogP contribution in [0.25, 0.3) is 22.8 Å². The van der Waals surface area contributed by atoms with E-state index in [1.54, 1.807) is 0 Å². The summed E-state index contributed by atoms with van der Waals surface area (Å²) in [5.41, 5.74) is 6.37. The zero-order valence-corrected chi connectivity index (χ0v) is 11.2. The zero-order valence-electron chi connectivity index (χ0n) is 10.5. The molecule has 1 aromatic heterocycles. The number of rotatable bonds is 2. The van der Waals surface area contributed by atoms with Crippen molar-refractivity contribution < 1.29 is 13.3 Å². The fourth-order valence-corrected chi connectivity index (χ4v) is 1.97. The van der Waals surface area contributed by atoms with Gasteiger partial charge < -0.3 is 10.3 Å². The number of nitrogens with two attached hydrogens (primary N) is 1. The van der Waals surface area contributed by atoms with Gasteiger partial charge in [0.1, 0.15) is 11.6 Å². The number of halogens is 3. The Morgan fingerprint density at radius 1 is 1.05 bits per heavy atom. The molecule has 2 aromatic carbocycles. The number of anilines is 1.